The Kier molecular flexibility index (Phi) is 6.76. The number of thioether (sulfide) groups is 1. The second-order valence-electron chi connectivity index (χ2n) is 8.02. The fourth-order valence-corrected chi connectivity index (χ4v) is 5.29. The minimum absolute atomic E-state index is 0.00464. The van der Waals surface area contributed by atoms with Gasteiger partial charge < -0.3 is 5.32 Å². The molecule has 1 amide bonds. The van der Waals surface area contributed by atoms with Gasteiger partial charge in [0.2, 0.25) is 5.91 Å². The monoisotopic (exact) mass is 435 g/mol. The standard InChI is InChI=1S/C25H29N3O2S/c1-3-17-10-9-11-18(4-2)23(17)27-22(29)16-31-25-26-21-15-8-7-14-20(21)24(30)28(25)19-12-5-6-13-19/h7-11,14-15,19H,3-6,12-13,16H2,1-2H3,(H,27,29). The van der Waals surface area contributed by atoms with Crippen molar-refractivity contribution in [3.63, 3.8) is 0 Å². The zero-order valence-electron chi connectivity index (χ0n) is 18.2. The van der Waals surface area contributed by atoms with Crippen LogP contribution in [0, 0.1) is 0 Å². The van der Waals surface area contributed by atoms with Gasteiger partial charge in [0.1, 0.15) is 0 Å². The smallest absolute Gasteiger partial charge is 0.262 e. The molecule has 2 aromatic carbocycles. The van der Waals surface area contributed by atoms with E-state index >= 15 is 0 Å². The van der Waals surface area contributed by atoms with Gasteiger partial charge in [-0.1, -0.05) is 68.8 Å². The molecule has 0 bridgehead atoms. The van der Waals surface area contributed by atoms with E-state index in [0.29, 0.717) is 16.1 Å². The fourth-order valence-electron chi connectivity index (χ4n) is 4.42. The number of fused-ring (bicyclic) bond motifs is 1. The summed E-state index contributed by atoms with van der Waals surface area (Å²) < 4.78 is 1.84. The topological polar surface area (TPSA) is 64.0 Å². The minimum atomic E-state index is -0.0685. The zero-order chi connectivity index (χ0) is 21.8. The summed E-state index contributed by atoms with van der Waals surface area (Å²) in [6.07, 6.45) is 5.96. The van der Waals surface area contributed by atoms with Crippen LogP contribution < -0.4 is 10.9 Å². The molecular formula is C25H29N3O2S. The molecule has 1 aliphatic rings. The number of hydrogen-bond acceptors (Lipinski definition) is 4. The Morgan fingerprint density at radius 2 is 1.74 bits per heavy atom. The quantitative estimate of drug-likeness (QED) is 0.400. The Morgan fingerprint density at radius 3 is 2.42 bits per heavy atom. The lowest BCUT2D eigenvalue weighted by Crippen LogP contribution is -2.27. The normalized spacial score (nSPS) is 14.3. The first kappa shape index (κ1) is 21.6. The third-order valence-electron chi connectivity index (χ3n) is 6.06. The average Bonchev–Trinajstić information content (AvgIpc) is 3.32. The first-order valence-electron chi connectivity index (χ1n) is 11.2. The summed E-state index contributed by atoms with van der Waals surface area (Å²) in [4.78, 5) is 30.9. The van der Waals surface area contributed by atoms with E-state index in [1.165, 1.54) is 11.8 Å². The maximum Gasteiger partial charge on any atom is 0.262 e. The van der Waals surface area contributed by atoms with Crippen LogP contribution in [0.1, 0.15) is 56.7 Å². The van der Waals surface area contributed by atoms with Crippen molar-refractivity contribution in [1.29, 1.82) is 0 Å². The molecule has 4 rings (SSSR count). The van der Waals surface area contributed by atoms with Crippen LogP contribution in [0.5, 0.6) is 0 Å². The van der Waals surface area contributed by atoms with Crippen molar-refractivity contribution in [3.05, 3.63) is 63.9 Å². The first-order valence-corrected chi connectivity index (χ1v) is 12.2. The van der Waals surface area contributed by atoms with E-state index in [2.05, 4.69) is 31.3 Å². The molecule has 1 aromatic heterocycles. The highest BCUT2D eigenvalue weighted by molar-refractivity contribution is 7.99. The number of para-hydroxylation sites is 2. The van der Waals surface area contributed by atoms with Crippen LogP contribution in [0.4, 0.5) is 5.69 Å². The van der Waals surface area contributed by atoms with Crippen molar-refractivity contribution in [2.24, 2.45) is 0 Å². The number of nitrogens with zero attached hydrogens (tertiary/aromatic N) is 2. The average molecular weight is 436 g/mol. The Balaban J connectivity index is 1.60. The van der Waals surface area contributed by atoms with Crippen LogP contribution in [-0.2, 0) is 17.6 Å². The van der Waals surface area contributed by atoms with Gasteiger partial charge in [-0.25, -0.2) is 4.98 Å². The van der Waals surface area contributed by atoms with Crippen LogP contribution in [0.15, 0.2) is 52.4 Å². The van der Waals surface area contributed by atoms with Gasteiger partial charge in [0.25, 0.3) is 5.56 Å². The molecule has 0 aliphatic heterocycles. The van der Waals surface area contributed by atoms with Gasteiger partial charge in [-0.15, -0.1) is 0 Å². The molecule has 1 heterocycles. The van der Waals surface area contributed by atoms with E-state index in [1.807, 2.05) is 34.9 Å². The molecule has 1 N–H and O–H groups in total. The van der Waals surface area contributed by atoms with Gasteiger partial charge >= 0.3 is 0 Å². The third kappa shape index (κ3) is 4.54. The summed E-state index contributed by atoms with van der Waals surface area (Å²) in [5, 5.41) is 4.41. The number of amides is 1. The largest absolute Gasteiger partial charge is 0.325 e. The van der Waals surface area contributed by atoms with Crippen molar-refractivity contribution in [2.75, 3.05) is 11.1 Å². The van der Waals surface area contributed by atoms with Crippen molar-refractivity contribution >= 4 is 34.3 Å². The predicted molar refractivity (Wildman–Crippen MR) is 128 cm³/mol. The molecular weight excluding hydrogens is 406 g/mol. The first-order chi connectivity index (χ1) is 15.1. The SMILES string of the molecule is CCc1cccc(CC)c1NC(=O)CSc1nc2ccccc2c(=O)n1C1CCCC1. The van der Waals surface area contributed by atoms with E-state index in [-0.39, 0.29) is 23.3 Å². The molecule has 3 aromatic rings. The van der Waals surface area contributed by atoms with E-state index in [4.69, 9.17) is 4.98 Å². The van der Waals surface area contributed by atoms with E-state index in [0.717, 1.165) is 55.3 Å². The maximum atomic E-state index is 13.2. The minimum Gasteiger partial charge on any atom is -0.325 e. The van der Waals surface area contributed by atoms with Crippen LogP contribution in [-0.4, -0.2) is 21.2 Å². The summed E-state index contributed by atoms with van der Waals surface area (Å²) in [6, 6.07) is 13.8. The Hall–Kier alpha value is -2.60. The fraction of sp³-hybridized carbons (Fsp3) is 0.400. The summed E-state index contributed by atoms with van der Waals surface area (Å²) in [5.74, 6) is 0.152. The Morgan fingerprint density at radius 1 is 1.06 bits per heavy atom. The second-order valence-corrected chi connectivity index (χ2v) is 8.96. The van der Waals surface area contributed by atoms with Gasteiger partial charge in [0, 0.05) is 11.7 Å². The number of nitrogens with one attached hydrogen (secondary N) is 1. The van der Waals surface area contributed by atoms with E-state index in [1.54, 1.807) is 0 Å². The molecule has 31 heavy (non-hydrogen) atoms. The molecule has 0 saturated heterocycles. The Labute approximate surface area is 187 Å². The molecule has 0 radical (unpaired) electrons. The van der Waals surface area contributed by atoms with E-state index < -0.39 is 0 Å². The van der Waals surface area contributed by atoms with Gasteiger partial charge in [-0.3, -0.25) is 14.2 Å². The molecule has 5 nitrogen and oxygen atoms in total. The van der Waals surface area contributed by atoms with Gasteiger partial charge in [0.05, 0.1) is 16.7 Å². The van der Waals surface area contributed by atoms with Crippen molar-refractivity contribution in [3.8, 4) is 0 Å². The van der Waals surface area contributed by atoms with E-state index in [9.17, 15) is 9.59 Å². The molecule has 6 heteroatoms. The molecule has 0 spiro atoms. The highest BCUT2D eigenvalue weighted by Gasteiger charge is 2.23. The van der Waals surface area contributed by atoms with Gasteiger partial charge in [-0.05, 0) is 48.9 Å². The number of aryl methyl sites for hydroxylation is 2. The number of anilines is 1. The molecule has 1 fully saturated rings. The van der Waals surface area contributed by atoms with Crippen molar-refractivity contribution in [2.45, 2.75) is 63.6 Å². The van der Waals surface area contributed by atoms with Crippen LogP contribution >= 0.6 is 11.8 Å². The molecule has 0 unspecified atom stereocenters. The molecule has 162 valence electrons. The van der Waals surface area contributed by atoms with Crippen LogP contribution in [0.25, 0.3) is 10.9 Å². The lowest BCUT2D eigenvalue weighted by atomic mass is 10.0. The molecule has 1 saturated carbocycles. The number of benzene rings is 2. The summed E-state index contributed by atoms with van der Waals surface area (Å²) in [7, 11) is 0. The number of hydrogen-bond donors (Lipinski definition) is 1. The number of carbonyl (C=O) groups excluding carboxylic acids is 1. The summed E-state index contributed by atoms with van der Waals surface area (Å²) in [5.41, 5.74) is 3.91. The number of aromatic nitrogens is 2. The number of rotatable bonds is 7. The summed E-state index contributed by atoms with van der Waals surface area (Å²) >= 11 is 1.36. The zero-order valence-corrected chi connectivity index (χ0v) is 19.0. The highest BCUT2D eigenvalue weighted by Crippen LogP contribution is 2.32. The lowest BCUT2D eigenvalue weighted by Gasteiger charge is -2.19. The summed E-state index contributed by atoms with van der Waals surface area (Å²) in [6.45, 7) is 4.19. The molecule has 1 aliphatic carbocycles. The second kappa shape index (κ2) is 9.69. The van der Waals surface area contributed by atoms with Gasteiger partial charge in [-0.2, -0.15) is 0 Å². The van der Waals surface area contributed by atoms with Crippen molar-refractivity contribution < 1.29 is 4.79 Å². The third-order valence-corrected chi connectivity index (χ3v) is 7.01. The Bertz CT molecular complexity index is 1130. The maximum absolute atomic E-state index is 13.2. The van der Waals surface area contributed by atoms with Crippen LogP contribution in [0.3, 0.4) is 0 Å². The van der Waals surface area contributed by atoms with Crippen molar-refractivity contribution in [1.82, 2.24) is 9.55 Å². The highest BCUT2D eigenvalue weighted by atomic mass is 32.2. The van der Waals surface area contributed by atoms with Crippen LogP contribution in [0.2, 0.25) is 0 Å². The van der Waals surface area contributed by atoms with Gasteiger partial charge in [0.15, 0.2) is 5.16 Å². The predicted octanol–water partition coefficient (Wildman–Crippen LogP) is 5.37. The molecule has 0 atom stereocenters. The number of carbonyl (C=O) groups is 1. The lowest BCUT2D eigenvalue weighted by molar-refractivity contribution is -0.113.